The Hall–Kier alpha value is -1.84. The Morgan fingerprint density at radius 3 is 1.90 bits per heavy atom. The molecule has 0 saturated heterocycles. The fraction of sp³-hybridized carbons (Fsp3) is 0.529. The average molecular weight is 291 g/mol. The smallest absolute Gasteiger partial charge is 0.313 e. The summed E-state index contributed by atoms with van der Waals surface area (Å²) in [6.45, 7) is 11.3. The monoisotopic (exact) mass is 291 g/mol. The summed E-state index contributed by atoms with van der Waals surface area (Å²) in [7, 11) is 0. The molecule has 0 spiro atoms. The maximum absolute atomic E-state index is 12.1. The molecule has 1 atom stereocenters. The second-order valence-electron chi connectivity index (χ2n) is 7.08. The first kappa shape index (κ1) is 17.2. The summed E-state index contributed by atoms with van der Waals surface area (Å²) >= 11 is 0. The third kappa shape index (κ3) is 4.06. The van der Waals surface area contributed by atoms with Gasteiger partial charge in [-0.3, -0.25) is 9.59 Å². The summed E-state index contributed by atoms with van der Waals surface area (Å²) in [4.78, 5) is 23.4. The number of carbonyl (C=O) groups excluding carboxylic acids is 1. The van der Waals surface area contributed by atoms with E-state index in [-0.39, 0.29) is 17.2 Å². The Bertz CT molecular complexity index is 524. The molecule has 0 aliphatic carbocycles. The van der Waals surface area contributed by atoms with E-state index in [2.05, 4.69) is 5.32 Å². The SMILES string of the molecule is CC(C(=O)Nc1ccc(C(C)(C)C(=O)O)cc1)C(C)(C)C. The first-order valence-electron chi connectivity index (χ1n) is 7.11. The minimum Gasteiger partial charge on any atom is -0.481 e. The summed E-state index contributed by atoms with van der Waals surface area (Å²) in [6, 6.07) is 6.97. The van der Waals surface area contributed by atoms with Gasteiger partial charge >= 0.3 is 5.97 Å². The van der Waals surface area contributed by atoms with Crippen molar-refractivity contribution in [2.45, 2.75) is 47.0 Å². The summed E-state index contributed by atoms with van der Waals surface area (Å²) in [5, 5.41) is 12.1. The Labute approximate surface area is 126 Å². The molecule has 0 aliphatic rings. The highest BCUT2D eigenvalue weighted by molar-refractivity contribution is 5.92. The number of carbonyl (C=O) groups is 2. The number of aliphatic carboxylic acids is 1. The predicted molar refractivity (Wildman–Crippen MR) is 84.4 cm³/mol. The number of benzene rings is 1. The molecule has 1 aromatic carbocycles. The number of carboxylic acids is 1. The number of hydrogen-bond donors (Lipinski definition) is 2. The summed E-state index contributed by atoms with van der Waals surface area (Å²) in [5.41, 5.74) is 0.342. The maximum Gasteiger partial charge on any atom is 0.313 e. The maximum atomic E-state index is 12.1. The van der Waals surface area contributed by atoms with Gasteiger partial charge in [0.15, 0.2) is 0 Å². The molecule has 4 heteroatoms. The van der Waals surface area contributed by atoms with Crippen LogP contribution in [0.4, 0.5) is 5.69 Å². The topological polar surface area (TPSA) is 66.4 Å². The van der Waals surface area contributed by atoms with Gasteiger partial charge in [0, 0.05) is 11.6 Å². The molecule has 2 N–H and O–H groups in total. The second kappa shape index (κ2) is 5.88. The van der Waals surface area contributed by atoms with Crippen molar-refractivity contribution in [3.8, 4) is 0 Å². The Kier molecular flexibility index (Phi) is 4.82. The van der Waals surface area contributed by atoms with Gasteiger partial charge in [-0.2, -0.15) is 0 Å². The van der Waals surface area contributed by atoms with Crippen LogP contribution in [0.25, 0.3) is 0 Å². The van der Waals surface area contributed by atoms with E-state index in [1.54, 1.807) is 38.1 Å². The number of rotatable bonds is 4. The number of carboxylic acid groups (broad SMARTS) is 1. The van der Waals surface area contributed by atoms with Crippen LogP contribution in [0.3, 0.4) is 0 Å². The lowest BCUT2D eigenvalue weighted by molar-refractivity contribution is -0.142. The minimum absolute atomic E-state index is 0.0345. The molecular weight excluding hydrogens is 266 g/mol. The molecule has 0 aromatic heterocycles. The van der Waals surface area contributed by atoms with Crippen molar-refractivity contribution in [3.63, 3.8) is 0 Å². The van der Waals surface area contributed by atoms with Crippen molar-refractivity contribution in [3.05, 3.63) is 29.8 Å². The highest BCUT2D eigenvalue weighted by Crippen LogP contribution is 2.28. The fourth-order valence-corrected chi connectivity index (χ4v) is 1.74. The number of amides is 1. The zero-order valence-corrected chi connectivity index (χ0v) is 13.7. The lowest BCUT2D eigenvalue weighted by Gasteiger charge is -2.26. The average Bonchev–Trinajstić information content (AvgIpc) is 2.37. The van der Waals surface area contributed by atoms with Crippen molar-refractivity contribution in [1.82, 2.24) is 0 Å². The number of hydrogen-bond acceptors (Lipinski definition) is 2. The van der Waals surface area contributed by atoms with Crippen LogP contribution in [0.5, 0.6) is 0 Å². The third-order valence-corrected chi connectivity index (χ3v) is 4.10. The van der Waals surface area contributed by atoms with Crippen LogP contribution >= 0.6 is 0 Å². The van der Waals surface area contributed by atoms with E-state index in [4.69, 9.17) is 0 Å². The summed E-state index contributed by atoms with van der Waals surface area (Å²) in [6.07, 6.45) is 0. The molecular formula is C17H25NO3. The zero-order chi connectivity index (χ0) is 16.4. The van der Waals surface area contributed by atoms with Gasteiger partial charge in [-0.15, -0.1) is 0 Å². The molecule has 0 heterocycles. The Morgan fingerprint density at radius 1 is 1.05 bits per heavy atom. The third-order valence-electron chi connectivity index (χ3n) is 4.10. The van der Waals surface area contributed by atoms with Crippen LogP contribution in [-0.4, -0.2) is 17.0 Å². The van der Waals surface area contributed by atoms with Crippen LogP contribution in [-0.2, 0) is 15.0 Å². The fourth-order valence-electron chi connectivity index (χ4n) is 1.74. The molecule has 0 bridgehead atoms. The molecule has 1 unspecified atom stereocenters. The van der Waals surface area contributed by atoms with E-state index < -0.39 is 11.4 Å². The van der Waals surface area contributed by atoms with Gasteiger partial charge in [-0.05, 0) is 37.0 Å². The normalized spacial score (nSPS) is 13.6. The number of anilines is 1. The molecule has 4 nitrogen and oxygen atoms in total. The summed E-state index contributed by atoms with van der Waals surface area (Å²) in [5.74, 6) is -1.03. The van der Waals surface area contributed by atoms with Crippen LogP contribution in [0, 0.1) is 11.3 Å². The molecule has 21 heavy (non-hydrogen) atoms. The van der Waals surface area contributed by atoms with Gasteiger partial charge in [0.1, 0.15) is 0 Å². The van der Waals surface area contributed by atoms with Crippen molar-refractivity contribution < 1.29 is 14.7 Å². The summed E-state index contributed by atoms with van der Waals surface area (Å²) < 4.78 is 0. The van der Waals surface area contributed by atoms with Crippen molar-refractivity contribution in [2.24, 2.45) is 11.3 Å². The molecule has 1 amide bonds. The van der Waals surface area contributed by atoms with Gasteiger partial charge in [-0.25, -0.2) is 0 Å². The highest BCUT2D eigenvalue weighted by atomic mass is 16.4. The highest BCUT2D eigenvalue weighted by Gasteiger charge is 2.29. The largest absolute Gasteiger partial charge is 0.481 e. The minimum atomic E-state index is -0.943. The van der Waals surface area contributed by atoms with Crippen molar-refractivity contribution in [1.29, 1.82) is 0 Å². The van der Waals surface area contributed by atoms with Gasteiger partial charge in [0.25, 0.3) is 0 Å². The standard InChI is InChI=1S/C17H25NO3/c1-11(16(2,3)4)14(19)18-13-9-7-12(8-10-13)17(5,6)15(20)21/h7-11H,1-6H3,(H,18,19)(H,20,21). The van der Waals surface area contributed by atoms with E-state index in [1.165, 1.54) is 0 Å². The zero-order valence-electron chi connectivity index (χ0n) is 13.7. The van der Waals surface area contributed by atoms with Crippen molar-refractivity contribution >= 4 is 17.6 Å². The van der Waals surface area contributed by atoms with Gasteiger partial charge in [-0.1, -0.05) is 39.8 Å². The van der Waals surface area contributed by atoms with Crippen LogP contribution < -0.4 is 5.32 Å². The van der Waals surface area contributed by atoms with E-state index in [1.807, 2.05) is 27.7 Å². The second-order valence-corrected chi connectivity index (χ2v) is 7.08. The van der Waals surface area contributed by atoms with E-state index >= 15 is 0 Å². The lowest BCUT2D eigenvalue weighted by Crippen LogP contribution is -2.31. The Morgan fingerprint density at radius 2 is 1.52 bits per heavy atom. The first-order valence-corrected chi connectivity index (χ1v) is 7.11. The molecule has 0 radical (unpaired) electrons. The van der Waals surface area contributed by atoms with E-state index in [0.717, 1.165) is 0 Å². The van der Waals surface area contributed by atoms with Gasteiger partial charge in [0.05, 0.1) is 5.41 Å². The molecule has 0 fully saturated rings. The molecule has 1 rings (SSSR count). The molecule has 0 saturated carbocycles. The lowest BCUT2D eigenvalue weighted by atomic mass is 9.81. The number of nitrogens with one attached hydrogen (secondary N) is 1. The predicted octanol–water partition coefficient (Wildman–Crippen LogP) is 3.67. The quantitative estimate of drug-likeness (QED) is 0.889. The van der Waals surface area contributed by atoms with Crippen LogP contribution in [0.1, 0.15) is 47.1 Å². The van der Waals surface area contributed by atoms with E-state index in [0.29, 0.717) is 11.3 Å². The molecule has 0 aliphatic heterocycles. The Balaban J connectivity index is 2.85. The van der Waals surface area contributed by atoms with Gasteiger partial charge < -0.3 is 10.4 Å². The van der Waals surface area contributed by atoms with Crippen molar-refractivity contribution in [2.75, 3.05) is 5.32 Å². The van der Waals surface area contributed by atoms with Crippen LogP contribution in [0.2, 0.25) is 0 Å². The van der Waals surface area contributed by atoms with Crippen LogP contribution in [0.15, 0.2) is 24.3 Å². The first-order chi connectivity index (χ1) is 9.46. The van der Waals surface area contributed by atoms with Gasteiger partial charge in [0.2, 0.25) is 5.91 Å². The molecule has 1 aromatic rings. The molecule has 116 valence electrons. The van der Waals surface area contributed by atoms with E-state index in [9.17, 15) is 14.7 Å².